The molecular formula is C20H23F3N2O3S. The Hall–Kier alpha value is -2.26. The van der Waals surface area contributed by atoms with Gasteiger partial charge in [-0.1, -0.05) is 38.0 Å². The Labute approximate surface area is 168 Å². The number of hydrogen-bond donors (Lipinski definition) is 1. The lowest BCUT2D eigenvalue weighted by atomic mass is 10.1. The minimum atomic E-state index is -4.81. The highest BCUT2D eigenvalue weighted by atomic mass is 32.2. The molecule has 2 aromatic carbocycles. The first-order valence-corrected chi connectivity index (χ1v) is 10.8. The topological polar surface area (TPSA) is 60.9 Å². The van der Waals surface area contributed by atoms with Gasteiger partial charge in [0.1, 0.15) is 10.6 Å². The van der Waals surface area contributed by atoms with E-state index >= 15 is 0 Å². The molecule has 1 heterocycles. The zero-order valence-electron chi connectivity index (χ0n) is 16.1. The van der Waals surface area contributed by atoms with Gasteiger partial charge in [0.05, 0.1) is 11.3 Å². The van der Waals surface area contributed by atoms with Crippen molar-refractivity contribution in [2.45, 2.75) is 43.3 Å². The van der Waals surface area contributed by atoms with Crippen molar-refractivity contribution in [3.63, 3.8) is 0 Å². The van der Waals surface area contributed by atoms with Crippen molar-refractivity contribution >= 4 is 21.4 Å². The van der Waals surface area contributed by atoms with Crippen molar-refractivity contribution in [1.29, 1.82) is 0 Å². The van der Waals surface area contributed by atoms with Crippen molar-refractivity contribution in [1.82, 2.24) is 4.31 Å². The number of hydrogen-bond acceptors (Lipinski definition) is 4. The molecule has 2 aromatic rings. The summed E-state index contributed by atoms with van der Waals surface area (Å²) in [6.45, 7) is 2.19. The number of likely N-dealkylation sites (N-methyl/N-ethyl adjacent to an activating group) is 1. The second kappa shape index (κ2) is 7.87. The number of unbranched alkanes of at least 4 members (excludes halogenated alkanes) is 1. The quantitative estimate of drug-likeness (QED) is 0.764. The third-order valence-electron chi connectivity index (χ3n) is 5.20. The van der Waals surface area contributed by atoms with E-state index in [1.807, 2.05) is 6.92 Å². The summed E-state index contributed by atoms with van der Waals surface area (Å²) in [4.78, 5) is 1.25. The van der Waals surface area contributed by atoms with Gasteiger partial charge < -0.3 is 10.0 Å². The average Bonchev–Trinajstić information content (AvgIpc) is 2.74. The van der Waals surface area contributed by atoms with Gasteiger partial charge in [-0.25, -0.2) is 8.42 Å². The maximum Gasteiger partial charge on any atom is 0.420 e. The van der Waals surface area contributed by atoms with Gasteiger partial charge >= 0.3 is 6.18 Å². The Morgan fingerprint density at radius 3 is 2.41 bits per heavy atom. The second-order valence-electron chi connectivity index (χ2n) is 7.10. The van der Waals surface area contributed by atoms with Crippen LogP contribution in [-0.2, 0) is 16.2 Å². The molecule has 1 atom stereocenters. The Morgan fingerprint density at radius 1 is 1.17 bits per heavy atom. The third kappa shape index (κ3) is 4.06. The maximum atomic E-state index is 13.4. The van der Waals surface area contributed by atoms with Gasteiger partial charge in [0.25, 0.3) is 0 Å². The number of benzene rings is 2. The molecular weight excluding hydrogens is 405 g/mol. The lowest BCUT2D eigenvalue weighted by Gasteiger charge is -2.29. The Balaban J connectivity index is 2.27. The van der Waals surface area contributed by atoms with Crippen molar-refractivity contribution in [3.05, 3.63) is 48.0 Å². The third-order valence-corrected chi connectivity index (χ3v) is 7.14. The predicted octanol–water partition coefficient (Wildman–Crippen LogP) is 4.74. The Bertz CT molecular complexity index is 978. The fourth-order valence-corrected chi connectivity index (χ4v) is 5.11. The van der Waals surface area contributed by atoms with E-state index in [9.17, 15) is 26.7 Å². The van der Waals surface area contributed by atoms with Crippen molar-refractivity contribution < 1.29 is 26.7 Å². The highest BCUT2D eigenvalue weighted by Gasteiger charge is 2.41. The number of alkyl halides is 3. The Kier molecular flexibility index (Phi) is 5.82. The summed E-state index contributed by atoms with van der Waals surface area (Å²) in [5, 5.41) is 9.96. The molecule has 0 bridgehead atoms. The van der Waals surface area contributed by atoms with Crippen LogP contribution in [0.4, 0.5) is 24.5 Å². The smallest absolute Gasteiger partial charge is 0.420 e. The van der Waals surface area contributed by atoms with Crippen LogP contribution >= 0.6 is 0 Å². The average molecular weight is 428 g/mol. The van der Waals surface area contributed by atoms with Crippen molar-refractivity contribution in [2.24, 2.45) is 0 Å². The molecule has 0 saturated heterocycles. The molecule has 3 rings (SSSR count). The predicted molar refractivity (Wildman–Crippen MR) is 105 cm³/mol. The number of phenolic OH excluding ortho intramolecular Hbond substituents is 1. The molecule has 1 N–H and O–H groups in total. The zero-order chi connectivity index (χ0) is 21.4. The number of aromatic hydroxyl groups is 1. The minimum Gasteiger partial charge on any atom is -0.507 e. The summed E-state index contributed by atoms with van der Waals surface area (Å²) >= 11 is 0. The summed E-state index contributed by atoms with van der Waals surface area (Å²) in [6.07, 6.45) is -2.60. The summed E-state index contributed by atoms with van der Waals surface area (Å²) in [7, 11) is -2.66. The fraction of sp³-hybridized carbons (Fsp3) is 0.400. The standard InChI is InChI=1S/C20H23F3N2O3S/c1-3-4-8-15-13-25(14-9-6-5-7-10-14)17-11-16(20(21,22)23)18(26)12-19(17)29(27,28)24(15)2/h5-7,9-12,15,26H,3-4,8,13H2,1-2H3. The van der Waals surface area contributed by atoms with Gasteiger partial charge in [0.2, 0.25) is 10.0 Å². The SMILES string of the molecule is CCCCC1CN(c2ccccc2)c2cc(C(F)(F)F)c(O)cc2S(=O)(=O)N1C. The van der Waals surface area contributed by atoms with Crippen LogP contribution in [-0.4, -0.2) is 37.5 Å². The largest absolute Gasteiger partial charge is 0.507 e. The number of sulfonamides is 1. The van der Waals surface area contributed by atoms with Crippen LogP contribution < -0.4 is 4.90 Å². The number of para-hydroxylation sites is 1. The van der Waals surface area contributed by atoms with E-state index in [1.165, 1.54) is 11.4 Å². The van der Waals surface area contributed by atoms with E-state index in [2.05, 4.69) is 0 Å². The first-order chi connectivity index (χ1) is 13.6. The van der Waals surface area contributed by atoms with Gasteiger partial charge in [0, 0.05) is 31.4 Å². The zero-order valence-corrected chi connectivity index (χ0v) is 17.0. The molecule has 0 aromatic heterocycles. The first kappa shape index (κ1) is 21.4. The van der Waals surface area contributed by atoms with Gasteiger partial charge in [0.15, 0.2) is 0 Å². The van der Waals surface area contributed by atoms with E-state index < -0.39 is 33.6 Å². The number of phenols is 1. The van der Waals surface area contributed by atoms with Crippen LogP contribution in [0.15, 0.2) is 47.4 Å². The normalized spacial score (nSPS) is 19.6. The number of rotatable bonds is 4. The number of anilines is 2. The molecule has 0 aliphatic carbocycles. The van der Waals surface area contributed by atoms with Crippen LogP contribution in [0.25, 0.3) is 0 Å². The van der Waals surface area contributed by atoms with E-state index in [0.29, 0.717) is 18.2 Å². The van der Waals surface area contributed by atoms with Crippen LogP contribution in [0.2, 0.25) is 0 Å². The molecule has 9 heteroatoms. The van der Waals surface area contributed by atoms with Crippen molar-refractivity contribution in [3.8, 4) is 5.75 Å². The lowest BCUT2D eigenvalue weighted by Crippen LogP contribution is -2.40. The maximum absolute atomic E-state index is 13.4. The summed E-state index contributed by atoms with van der Waals surface area (Å²) in [5.41, 5.74) is -0.770. The summed E-state index contributed by atoms with van der Waals surface area (Å²) in [6, 6.07) is 9.71. The molecule has 0 radical (unpaired) electrons. The molecule has 0 spiro atoms. The number of nitrogens with zero attached hydrogens (tertiary/aromatic N) is 2. The molecule has 0 fully saturated rings. The van der Waals surface area contributed by atoms with E-state index in [4.69, 9.17) is 0 Å². The lowest BCUT2D eigenvalue weighted by molar-refractivity contribution is -0.138. The fourth-order valence-electron chi connectivity index (χ4n) is 3.54. The number of fused-ring (bicyclic) bond motifs is 1. The van der Waals surface area contributed by atoms with Crippen LogP contribution in [0.1, 0.15) is 31.7 Å². The molecule has 0 saturated carbocycles. The second-order valence-corrected chi connectivity index (χ2v) is 9.06. The molecule has 0 amide bonds. The Morgan fingerprint density at radius 2 is 1.83 bits per heavy atom. The van der Waals surface area contributed by atoms with Crippen LogP contribution in [0.3, 0.4) is 0 Å². The van der Waals surface area contributed by atoms with E-state index in [1.54, 1.807) is 35.2 Å². The van der Waals surface area contributed by atoms with Gasteiger partial charge in [-0.2, -0.15) is 17.5 Å². The van der Waals surface area contributed by atoms with Gasteiger partial charge in [-0.3, -0.25) is 0 Å². The summed E-state index contributed by atoms with van der Waals surface area (Å²) in [5.74, 6) is -1.10. The molecule has 5 nitrogen and oxygen atoms in total. The number of halogens is 3. The van der Waals surface area contributed by atoms with Gasteiger partial charge in [-0.15, -0.1) is 0 Å². The first-order valence-electron chi connectivity index (χ1n) is 9.32. The summed E-state index contributed by atoms with van der Waals surface area (Å²) < 4.78 is 67.9. The minimum absolute atomic E-state index is 0.0906. The van der Waals surface area contributed by atoms with E-state index in [0.717, 1.165) is 18.9 Å². The van der Waals surface area contributed by atoms with Crippen LogP contribution in [0.5, 0.6) is 5.75 Å². The highest BCUT2D eigenvalue weighted by Crippen LogP contribution is 2.45. The molecule has 1 aliphatic rings. The van der Waals surface area contributed by atoms with Gasteiger partial charge in [-0.05, 0) is 24.6 Å². The van der Waals surface area contributed by atoms with Crippen LogP contribution in [0, 0.1) is 0 Å². The highest BCUT2D eigenvalue weighted by molar-refractivity contribution is 7.89. The molecule has 29 heavy (non-hydrogen) atoms. The van der Waals surface area contributed by atoms with Crippen molar-refractivity contribution in [2.75, 3.05) is 18.5 Å². The monoisotopic (exact) mass is 428 g/mol. The molecule has 158 valence electrons. The molecule has 1 unspecified atom stereocenters. The molecule has 1 aliphatic heterocycles. The van der Waals surface area contributed by atoms with E-state index in [-0.39, 0.29) is 17.1 Å².